The number of rotatable bonds is 9. The van der Waals surface area contributed by atoms with E-state index in [1.54, 1.807) is 0 Å². The summed E-state index contributed by atoms with van der Waals surface area (Å²) in [5.74, 6) is -0.581. The van der Waals surface area contributed by atoms with Gasteiger partial charge in [0.15, 0.2) is 9.84 Å². The number of aryl methyl sites for hydroxylation is 1. The monoisotopic (exact) mass is 338 g/mol. The van der Waals surface area contributed by atoms with Gasteiger partial charge in [-0.3, -0.25) is 9.69 Å². The minimum absolute atomic E-state index is 0.0836. The molecule has 6 heteroatoms. The van der Waals surface area contributed by atoms with Gasteiger partial charge < -0.3 is 5.73 Å². The molecular formula is C17H26N2O3S. The van der Waals surface area contributed by atoms with Gasteiger partial charge >= 0.3 is 0 Å². The Bertz CT molecular complexity index is 602. The topological polar surface area (TPSA) is 80.5 Å². The number of hydrogen-bond donors (Lipinski definition) is 1. The Balaban J connectivity index is 1.79. The van der Waals surface area contributed by atoms with E-state index in [0.717, 1.165) is 32.2 Å². The molecule has 1 amide bonds. The molecule has 1 atom stereocenters. The molecule has 1 aromatic carbocycles. The molecule has 128 valence electrons. The Morgan fingerprint density at radius 3 is 2.65 bits per heavy atom. The van der Waals surface area contributed by atoms with E-state index in [1.165, 1.54) is 5.56 Å². The van der Waals surface area contributed by atoms with E-state index in [4.69, 9.17) is 5.73 Å². The first-order chi connectivity index (χ1) is 11.0. The molecule has 1 aliphatic rings. The van der Waals surface area contributed by atoms with Crippen LogP contribution in [0.5, 0.6) is 0 Å². The lowest BCUT2D eigenvalue weighted by atomic mass is 10.0. The second kappa shape index (κ2) is 8.45. The average Bonchev–Trinajstić information content (AvgIpc) is 2.98. The smallest absolute Gasteiger partial charge is 0.218 e. The van der Waals surface area contributed by atoms with Crippen molar-refractivity contribution >= 4 is 15.7 Å². The minimum atomic E-state index is -3.20. The summed E-state index contributed by atoms with van der Waals surface area (Å²) in [7, 11) is -3.20. The van der Waals surface area contributed by atoms with E-state index < -0.39 is 15.7 Å². The summed E-state index contributed by atoms with van der Waals surface area (Å²) in [6.45, 7) is 1.52. The zero-order valence-electron chi connectivity index (χ0n) is 13.5. The number of carbonyl (C=O) groups is 1. The highest BCUT2D eigenvalue weighted by atomic mass is 32.2. The number of nitrogens with two attached hydrogens (primary N) is 1. The third-order valence-electron chi connectivity index (χ3n) is 4.46. The van der Waals surface area contributed by atoms with E-state index in [2.05, 4.69) is 17.0 Å². The molecule has 0 radical (unpaired) electrons. The molecule has 5 nitrogen and oxygen atoms in total. The van der Waals surface area contributed by atoms with E-state index in [0.29, 0.717) is 12.6 Å². The maximum Gasteiger partial charge on any atom is 0.218 e. The molecule has 1 saturated heterocycles. The molecule has 0 bridgehead atoms. The molecule has 1 aromatic rings. The van der Waals surface area contributed by atoms with Gasteiger partial charge in [-0.25, -0.2) is 8.42 Å². The summed E-state index contributed by atoms with van der Waals surface area (Å²) in [6, 6.07) is 10.8. The van der Waals surface area contributed by atoms with Crippen LogP contribution in [0, 0.1) is 0 Å². The van der Waals surface area contributed by atoms with Crippen molar-refractivity contribution in [2.75, 3.05) is 24.6 Å². The quantitative estimate of drug-likeness (QED) is 0.737. The van der Waals surface area contributed by atoms with Crippen molar-refractivity contribution in [3.63, 3.8) is 0 Å². The molecule has 1 aliphatic heterocycles. The second-order valence-electron chi connectivity index (χ2n) is 6.22. The van der Waals surface area contributed by atoms with Crippen LogP contribution in [-0.2, 0) is 21.1 Å². The van der Waals surface area contributed by atoms with Gasteiger partial charge in [-0.1, -0.05) is 30.3 Å². The van der Waals surface area contributed by atoms with Crippen LogP contribution in [0.1, 0.15) is 31.2 Å². The number of hydrogen-bond acceptors (Lipinski definition) is 4. The summed E-state index contributed by atoms with van der Waals surface area (Å²) in [5, 5.41) is 0. The molecule has 0 spiro atoms. The molecule has 2 N–H and O–H groups in total. The van der Waals surface area contributed by atoms with Crippen LogP contribution in [0.15, 0.2) is 30.3 Å². The Labute approximate surface area is 138 Å². The van der Waals surface area contributed by atoms with Crippen LogP contribution in [0.25, 0.3) is 0 Å². The lowest BCUT2D eigenvalue weighted by Gasteiger charge is -2.24. The van der Waals surface area contributed by atoms with Gasteiger partial charge in [0.2, 0.25) is 5.91 Å². The van der Waals surface area contributed by atoms with Crippen LogP contribution in [0.4, 0.5) is 0 Å². The van der Waals surface area contributed by atoms with Crippen molar-refractivity contribution in [1.82, 2.24) is 4.90 Å². The van der Waals surface area contributed by atoms with Gasteiger partial charge in [-0.2, -0.15) is 0 Å². The second-order valence-corrected chi connectivity index (χ2v) is 8.53. The van der Waals surface area contributed by atoms with Gasteiger partial charge in [0, 0.05) is 19.0 Å². The number of nitrogens with zero attached hydrogens (tertiary/aromatic N) is 1. The fourth-order valence-electron chi connectivity index (χ4n) is 3.11. The van der Waals surface area contributed by atoms with Gasteiger partial charge in [0.05, 0.1) is 11.5 Å². The van der Waals surface area contributed by atoms with Crippen molar-refractivity contribution in [3.05, 3.63) is 35.9 Å². The van der Waals surface area contributed by atoms with Crippen molar-refractivity contribution < 1.29 is 13.2 Å². The van der Waals surface area contributed by atoms with Gasteiger partial charge in [-0.15, -0.1) is 0 Å². The minimum Gasteiger partial charge on any atom is -0.370 e. The third kappa shape index (κ3) is 6.31. The summed E-state index contributed by atoms with van der Waals surface area (Å²) in [5.41, 5.74) is 6.35. The SMILES string of the molecule is NC(=O)CCS(=O)(=O)CCN1CCC[C@@H]1CCc1ccccc1. The lowest BCUT2D eigenvalue weighted by molar-refractivity contribution is -0.117. The van der Waals surface area contributed by atoms with Crippen molar-refractivity contribution in [2.24, 2.45) is 5.73 Å². The van der Waals surface area contributed by atoms with Crippen LogP contribution >= 0.6 is 0 Å². The van der Waals surface area contributed by atoms with E-state index in [-0.39, 0.29) is 17.9 Å². The zero-order valence-corrected chi connectivity index (χ0v) is 14.3. The predicted molar refractivity (Wildman–Crippen MR) is 91.8 cm³/mol. The summed E-state index contributed by atoms with van der Waals surface area (Å²) in [4.78, 5) is 13.0. The fourth-order valence-corrected chi connectivity index (χ4v) is 4.34. The molecule has 0 aromatic heterocycles. The molecule has 0 saturated carbocycles. The van der Waals surface area contributed by atoms with Crippen LogP contribution in [0.2, 0.25) is 0 Å². The standard InChI is InChI=1S/C17H26N2O3S/c18-17(20)10-13-23(21,22)14-12-19-11-4-7-16(19)9-8-15-5-2-1-3-6-15/h1-3,5-6,16H,4,7-14H2,(H2,18,20)/t16-/m1/s1. The maximum atomic E-state index is 11.9. The molecule has 0 unspecified atom stereocenters. The Morgan fingerprint density at radius 1 is 1.22 bits per heavy atom. The first kappa shape index (κ1) is 17.9. The Hall–Kier alpha value is -1.40. The first-order valence-electron chi connectivity index (χ1n) is 8.23. The van der Waals surface area contributed by atoms with Gasteiger partial charge in [0.25, 0.3) is 0 Å². The fraction of sp³-hybridized carbons (Fsp3) is 0.588. The number of benzene rings is 1. The zero-order chi connectivity index (χ0) is 16.7. The summed E-state index contributed by atoms with van der Waals surface area (Å²) < 4.78 is 23.9. The highest BCUT2D eigenvalue weighted by molar-refractivity contribution is 7.91. The summed E-state index contributed by atoms with van der Waals surface area (Å²) in [6.07, 6.45) is 4.26. The van der Waals surface area contributed by atoms with E-state index in [9.17, 15) is 13.2 Å². The number of carbonyl (C=O) groups excluding carboxylic acids is 1. The third-order valence-corrected chi connectivity index (χ3v) is 6.09. The normalized spacial score (nSPS) is 19.0. The number of primary amides is 1. The molecule has 1 heterocycles. The first-order valence-corrected chi connectivity index (χ1v) is 10.0. The van der Waals surface area contributed by atoms with Crippen molar-refractivity contribution in [2.45, 2.75) is 38.1 Å². The Kier molecular flexibility index (Phi) is 6.59. The number of sulfone groups is 1. The van der Waals surface area contributed by atoms with E-state index >= 15 is 0 Å². The van der Waals surface area contributed by atoms with Crippen LogP contribution in [-0.4, -0.2) is 49.9 Å². The average molecular weight is 338 g/mol. The van der Waals surface area contributed by atoms with Crippen molar-refractivity contribution in [3.8, 4) is 0 Å². The van der Waals surface area contributed by atoms with Gasteiger partial charge in [0.1, 0.15) is 0 Å². The molecule has 23 heavy (non-hydrogen) atoms. The number of amides is 1. The molecule has 0 aliphatic carbocycles. The largest absolute Gasteiger partial charge is 0.370 e. The van der Waals surface area contributed by atoms with E-state index in [1.807, 2.05) is 18.2 Å². The van der Waals surface area contributed by atoms with Crippen molar-refractivity contribution in [1.29, 1.82) is 0 Å². The predicted octanol–water partition coefficient (Wildman–Crippen LogP) is 1.37. The highest BCUT2D eigenvalue weighted by Gasteiger charge is 2.25. The lowest BCUT2D eigenvalue weighted by Crippen LogP contribution is -2.35. The highest BCUT2D eigenvalue weighted by Crippen LogP contribution is 2.21. The molecule has 1 fully saturated rings. The molecule has 2 rings (SSSR count). The molecular weight excluding hydrogens is 312 g/mol. The van der Waals surface area contributed by atoms with Gasteiger partial charge in [-0.05, 0) is 37.8 Å². The maximum absolute atomic E-state index is 11.9. The van der Waals surface area contributed by atoms with Crippen LogP contribution < -0.4 is 5.73 Å². The Morgan fingerprint density at radius 2 is 1.96 bits per heavy atom. The van der Waals surface area contributed by atoms with Crippen LogP contribution in [0.3, 0.4) is 0 Å². The summed E-state index contributed by atoms with van der Waals surface area (Å²) >= 11 is 0. The number of likely N-dealkylation sites (tertiary alicyclic amines) is 1.